The molecular weight excluding hydrogens is 270 g/mol. The van der Waals surface area contributed by atoms with Crippen molar-refractivity contribution < 1.29 is 0 Å². The normalized spacial score (nSPS) is 20.9. The van der Waals surface area contributed by atoms with E-state index in [2.05, 4.69) is 33.5 Å². The maximum Gasteiger partial charge on any atom is 0.124 e. The molecule has 0 saturated carbocycles. The molecule has 4 rings (SSSR count). The van der Waals surface area contributed by atoms with Crippen molar-refractivity contribution in [3.05, 3.63) is 29.4 Å². The lowest BCUT2D eigenvalue weighted by molar-refractivity contribution is 0.453. The summed E-state index contributed by atoms with van der Waals surface area (Å²) in [6.45, 7) is 7.22. The van der Waals surface area contributed by atoms with Crippen LogP contribution >= 0.6 is 11.3 Å². The van der Waals surface area contributed by atoms with Crippen LogP contribution in [0.2, 0.25) is 0 Å². The molecule has 6 heteroatoms. The monoisotopic (exact) mass is 285 g/mol. The number of thiophene rings is 1. The molecule has 2 aromatic rings. The van der Waals surface area contributed by atoms with Crippen LogP contribution in [0.4, 0.5) is 5.69 Å². The second-order valence-electron chi connectivity index (χ2n) is 5.13. The van der Waals surface area contributed by atoms with E-state index in [0.717, 1.165) is 46.3 Å². The average molecular weight is 285 g/mol. The third-order valence-electron chi connectivity index (χ3n) is 3.76. The zero-order valence-electron chi connectivity index (χ0n) is 11.2. The number of nitrogens with zero attached hydrogens (tertiary/aromatic N) is 2. The Balaban J connectivity index is 1.77. The second kappa shape index (κ2) is 4.29. The maximum atomic E-state index is 4.74. The van der Waals surface area contributed by atoms with Crippen molar-refractivity contribution in [2.75, 3.05) is 6.54 Å². The lowest BCUT2D eigenvalue weighted by Gasteiger charge is -2.31. The van der Waals surface area contributed by atoms with Gasteiger partial charge < -0.3 is 10.6 Å². The first-order valence-corrected chi connectivity index (χ1v) is 7.46. The Morgan fingerprint density at radius 1 is 1.45 bits per heavy atom. The van der Waals surface area contributed by atoms with Crippen LogP contribution in [0.25, 0.3) is 16.1 Å². The van der Waals surface area contributed by atoms with Gasteiger partial charge in [0, 0.05) is 16.1 Å². The number of aryl methyl sites for hydroxylation is 1. The number of fused-ring (bicyclic) bond motifs is 1. The number of nitrogens with one attached hydrogen (secondary N) is 3. The maximum absolute atomic E-state index is 4.74. The van der Waals surface area contributed by atoms with Crippen LogP contribution in [0, 0.1) is 6.92 Å². The first-order valence-electron chi connectivity index (χ1n) is 6.65. The van der Waals surface area contributed by atoms with Gasteiger partial charge in [-0.2, -0.15) is 5.10 Å². The molecule has 1 atom stereocenters. The molecular formula is C14H15N5S. The summed E-state index contributed by atoms with van der Waals surface area (Å²) in [5.41, 5.74) is 4.16. The second-order valence-corrected chi connectivity index (χ2v) is 6.18. The molecule has 0 aromatic carbocycles. The van der Waals surface area contributed by atoms with E-state index >= 15 is 0 Å². The predicted molar refractivity (Wildman–Crippen MR) is 82.3 cm³/mol. The molecule has 0 radical (unpaired) electrons. The largest absolute Gasteiger partial charge is 0.342 e. The van der Waals surface area contributed by atoms with Gasteiger partial charge in [-0.15, -0.1) is 11.3 Å². The fraction of sp³-hybridized carbons (Fsp3) is 0.286. The number of hydrogen-bond donors (Lipinski definition) is 3. The van der Waals surface area contributed by atoms with Crippen molar-refractivity contribution in [2.24, 2.45) is 4.99 Å². The predicted octanol–water partition coefficient (Wildman–Crippen LogP) is 2.41. The molecule has 0 amide bonds. The Morgan fingerprint density at radius 2 is 2.30 bits per heavy atom. The number of aromatic amines is 1. The third kappa shape index (κ3) is 1.72. The number of H-pyrrole nitrogens is 1. The van der Waals surface area contributed by atoms with Gasteiger partial charge in [-0.05, 0) is 26.0 Å². The highest BCUT2D eigenvalue weighted by atomic mass is 32.1. The van der Waals surface area contributed by atoms with Crippen LogP contribution in [0.3, 0.4) is 0 Å². The van der Waals surface area contributed by atoms with E-state index in [1.807, 2.05) is 13.1 Å². The van der Waals surface area contributed by atoms with Crippen LogP contribution < -0.4 is 10.6 Å². The van der Waals surface area contributed by atoms with E-state index in [4.69, 9.17) is 4.99 Å². The van der Waals surface area contributed by atoms with Gasteiger partial charge in [0.2, 0.25) is 0 Å². The van der Waals surface area contributed by atoms with Crippen LogP contribution in [0.1, 0.15) is 17.0 Å². The Bertz CT molecular complexity index is 720. The number of rotatable bonds is 2. The van der Waals surface area contributed by atoms with Gasteiger partial charge >= 0.3 is 0 Å². The first-order chi connectivity index (χ1) is 9.72. The van der Waals surface area contributed by atoms with Crippen molar-refractivity contribution in [1.82, 2.24) is 20.8 Å². The van der Waals surface area contributed by atoms with Crippen LogP contribution in [-0.2, 0) is 0 Å². The highest BCUT2D eigenvalue weighted by Gasteiger charge is 2.27. The summed E-state index contributed by atoms with van der Waals surface area (Å²) < 4.78 is 0. The molecule has 2 aliphatic heterocycles. The third-order valence-corrected chi connectivity index (χ3v) is 4.97. The Labute approximate surface area is 120 Å². The van der Waals surface area contributed by atoms with E-state index in [-0.39, 0.29) is 0 Å². The summed E-state index contributed by atoms with van der Waals surface area (Å²) in [6.07, 6.45) is 2.99. The van der Waals surface area contributed by atoms with E-state index in [1.54, 1.807) is 11.3 Å². The summed E-state index contributed by atoms with van der Waals surface area (Å²) in [5, 5.41) is 13.8. The highest BCUT2D eigenvalue weighted by molar-refractivity contribution is 7.17. The van der Waals surface area contributed by atoms with Gasteiger partial charge in [-0.3, -0.25) is 5.10 Å². The average Bonchev–Trinajstić information content (AvgIpc) is 2.92. The number of aromatic nitrogens is 2. The molecule has 2 aromatic heterocycles. The molecule has 3 N–H and O–H groups in total. The Hall–Kier alpha value is -1.92. The van der Waals surface area contributed by atoms with Crippen molar-refractivity contribution in [1.29, 1.82) is 0 Å². The molecule has 5 nitrogen and oxygen atoms in total. The van der Waals surface area contributed by atoms with Gasteiger partial charge in [0.15, 0.2) is 0 Å². The summed E-state index contributed by atoms with van der Waals surface area (Å²) in [7, 11) is 0. The molecule has 102 valence electrons. The molecule has 1 unspecified atom stereocenters. The molecule has 4 heterocycles. The fourth-order valence-corrected chi connectivity index (χ4v) is 3.56. The Morgan fingerprint density at radius 3 is 2.95 bits per heavy atom. The summed E-state index contributed by atoms with van der Waals surface area (Å²) in [5.74, 6) is 0.988. The minimum atomic E-state index is 0.346. The lowest BCUT2D eigenvalue weighted by atomic mass is 10.0. The van der Waals surface area contributed by atoms with Crippen molar-refractivity contribution in [3.63, 3.8) is 0 Å². The number of amidine groups is 1. The van der Waals surface area contributed by atoms with E-state index in [0.29, 0.717) is 6.04 Å². The quantitative estimate of drug-likeness (QED) is 0.794. The smallest absolute Gasteiger partial charge is 0.124 e. The molecule has 20 heavy (non-hydrogen) atoms. The Kier molecular flexibility index (Phi) is 2.55. The standard InChI is InChI=1S/C14H15N5S/c1-7-9(6-16-19-7)12-5-11-13(20-12)8(2)17-14(18-11)10-3-4-15-10/h5-6,10,15H,2-4H2,1H3,(H,16,19)(H,17,18). The molecule has 1 saturated heterocycles. The molecule has 2 aliphatic rings. The molecule has 0 aliphatic carbocycles. The minimum Gasteiger partial charge on any atom is -0.342 e. The van der Waals surface area contributed by atoms with Crippen LogP contribution in [0.5, 0.6) is 0 Å². The van der Waals surface area contributed by atoms with E-state index in [1.165, 1.54) is 4.88 Å². The number of aliphatic imine (C=N–C) groups is 1. The zero-order valence-corrected chi connectivity index (χ0v) is 12.0. The van der Waals surface area contributed by atoms with Gasteiger partial charge in [-0.1, -0.05) is 6.58 Å². The zero-order chi connectivity index (χ0) is 13.7. The SMILES string of the molecule is C=C1NC(C2CCN2)=Nc2cc(-c3cn[nH]c3C)sc21. The summed E-state index contributed by atoms with van der Waals surface area (Å²) in [4.78, 5) is 7.03. The van der Waals surface area contributed by atoms with E-state index < -0.39 is 0 Å². The van der Waals surface area contributed by atoms with Crippen molar-refractivity contribution in [3.8, 4) is 10.4 Å². The first kappa shape index (κ1) is 11.9. The van der Waals surface area contributed by atoms with Crippen LogP contribution in [0.15, 0.2) is 23.8 Å². The van der Waals surface area contributed by atoms with Gasteiger partial charge in [0.25, 0.3) is 0 Å². The molecule has 1 fully saturated rings. The summed E-state index contributed by atoms with van der Waals surface area (Å²) >= 11 is 1.71. The minimum absolute atomic E-state index is 0.346. The van der Waals surface area contributed by atoms with Crippen LogP contribution in [-0.4, -0.2) is 28.6 Å². The summed E-state index contributed by atoms with van der Waals surface area (Å²) in [6, 6.07) is 2.47. The topological polar surface area (TPSA) is 65.1 Å². The molecule has 0 bridgehead atoms. The van der Waals surface area contributed by atoms with Crippen molar-refractivity contribution >= 4 is 28.6 Å². The van der Waals surface area contributed by atoms with E-state index in [9.17, 15) is 0 Å². The number of hydrogen-bond acceptors (Lipinski definition) is 5. The lowest BCUT2D eigenvalue weighted by Crippen LogP contribution is -2.53. The van der Waals surface area contributed by atoms with Crippen molar-refractivity contribution in [2.45, 2.75) is 19.4 Å². The van der Waals surface area contributed by atoms with Gasteiger partial charge in [-0.25, -0.2) is 4.99 Å². The highest BCUT2D eigenvalue weighted by Crippen LogP contribution is 2.41. The fourth-order valence-electron chi connectivity index (χ4n) is 2.47. The molecule has 0 spiro atoms. The van der Waals surface area contributed by atoms with Gasteiger partial charge in [0.05, 0.1) is 28.5 Å². The van der Waals surface area contributed by atoms with Gasteiger partial charge in [0.1, 0.15) is 5.84 Å².